The minimum absolute atomic E-state index is 0.149. The van der Waals surface area contributed by atoms with E-state index in [9.17, 15) is 0 Å². The Morgan fingerprint density at radius 3 is 2.89 bits per heavy atom. The summed E-state index contributed by atoms with van der Waals surface area (Å²) in [6.45, 7) is 3.32. The van der Waals surface area contributed by atoms with Crippen molar-refractivity contribution < 1.29 is 23.9 Å². The molecule has 1 aliphatic heterocycles. The molecule has 2 heterocycles. The number of ether oxygens (including phenoxy) is 3. The molecule has 0 unspecified atom stereocenters. The molecule has 9 heteroatoms. The van der Waals surface area contributed by atoms with Crippen LogP contribution in [0.2, 0.25) is 0 Å². The fraction of sp³-hybridized carbons (Fsp3) is 0.333. The highest BCUT2D eigenvalue weighted by Crippen LogP contribution is 2.25. The van der Waals surface area contributed by atoms with Gasteiger partial charge in [0, 0.05) is 12.3 Å². The number of para-hydroxylation sites is 1. The molecule has 0 aliphatic carbocycles. The van der Waals surface area contributed by atoms with Crippen molar-refractivity contribution in [1.29, 1.82) is 0 Å². The summed E-state index contributed by atoms with van der Waals surface area (Å²) in [5.41, 5.74) is 0.929. The first-order valence-corrected chi connectivity index (χ1v) is 8.49. The first kappa shape index (κ1) is 18.4. The van der Waals surface area contributed by atoms with Crippen LogP contribution in [0.5, 0.6) is 17.6 Å². The highest BCUT2D eigenvalue weighted by atomic mass is 16.7. The number of benzene rings is 1. The molecule has 0 amide bonds. The lowest BCUT2D eigenvalue weighted by Gasteiger charge is -2.16. The zero-order valence-electron chi connectivity index (χ0n) is 15.1. The molecule has 27 heavy (non-hydrogen) atoms. The van der Waals surface area contributed by atoms with E-state index in [-0.39, 0.29) is 11.9 Å². The van der Waals surface area contributed by atoms with E-state index in [0.717, 1.165) is 6.42 Å². The number of aromatic nitrogens is 2. The minimum atomic E-state index is 0.149. The maximum Gasteiger partial charge on any atom is 0.325 e. The summed E-state index contributed by atoms with van der Waals surface area (Å²) in [6.07, 6.45) is 2.45. The monoisotopic (exact) mass is 372 g/mol. The van der Waals surface area contributed by atoms with Gasteiger partial charge in [-0.1, -0.05) is 24.2 Å². The Labute approximate surface area is 156 Å². The summed E-state index contributed by atoms with van der Waals surface area (Å²) < 4.78 is 16.9. The van der Waals surface area contributed by atoms with Gasteiger partial charge in [-0.05, 0) is 23.7 Å². The second kappa shape index (κ2) is 9.37. The third-order valence-corrected chi connectivity index (χ3v) is 3.35. The topological polar surface area (TPSA) is 96.7 Å². The molecule has 0 bridgehead atoms. The highest BCUT2D eigenvalue weighted by Gasteiger charge is 2.22. The van der Waals surface area contributed by atoms with Gasteiger partial charge in [-0.2, -0.15) is 4.98 Å². The van der Waals surface area contributed by atoms with Crippen molar-refractivity contribution in [2.45, 2.75) is 13.3 Å². The summed E-state index contributed by atoms with van der Waals surface area (Å²) in [4.78, 5) is 18.4. The lowest BCUT2D eigenvalue weighted by Crippen LogP contribution is -2.25. The number of hydrogen-bond acceptors (Lipinski definition) is 9. The molecule has 0 radical (unpaired) electrons. The predicted octanol–water partition coefficient (Wildman–Crippen LogP) is 2.77. The Morgan fingerprint density at radius 2 is 2.11 bits per heavy atom. The molecule has 0 atom stereocenters. The van der Waals surface area contributed by atoms with E-state index in [1.165, 1.54) is 7.11 Å². The van der Waals surface area contributed by atoms with Crippen LogP contribution in [0.25, 0.3) is 0 Å². The van der Waals surface area contributed by atoms with Gasteiger partial charge in [0.2, 0.25) is 5.88 Å². The summed E-state index contributed by atoms with van der Waals surface area (Å²) in [5, 5.41) is 7.91. The molecule has 142 valence electrons. The van der Waals surface area contributed by atoms with E-state index in [0.29, 0.717) is 42.7 Å². The van der Waals surface area contributed by atoms with Gasteiger partial charge in [0.25, 0.3) is 5.90 Å². The van der Waals surface area contributed by atoms with Crippen LogP contribution in [0.1, 0.15) is 18.9 Å². The van der Waals surface area contributed by atoms with Crippen LogP contribution in [0.15, 0.2) is 46.8 Å². The van der Waals surface area contributed by atoms with E-state index in [4.69, 9.17) is 23.9 Å². The molecule has 0 N–H and O–H groups in total. The SMILES string of the molecule is CCCOc1ccnc(Oc2ccccc2/C(=N/OC)C2=NOCCO2)n1. The van der Waals surface area contributed by atoms with Gasteiger partial charge in [-0.15, -0.1) is 0 Å². The minimum Gasteiger partial charge on any atom is -0.478 e. The molecule has 1 aliphatic rings. The molecule has 2 aromatic rings. The van der Waals surface area contributed by atoms with Crippen molar-refractivity contribution >= 4 is 11.6 Å². The summed E-state index contributed by atoms with van der Waals surface area (Å²) in [7, 11) is 1.44. The van der Waals surface area contributed by atoms with Crippen molar-refractivity contribution in [2.75, 3.05) is 26.9 Å². The lowest BCUT2D eigenvalue weighted by molar-refractivity contribution is 0.0672. The van der Waals surface area contributed by atoms with E-state index >= 15 is 0 Å². The maximum absolute atomic E-state index is 5.86. The van der Waals surface area contributed by atoms with Crippen molar-refractivity contribution in [3.05, 3.63) is 42.1 Å². The number of hydrogen-bond donors (Lipinski definition) is 0. The van der Waals surface area contributed by atoms with Crippen molar-refractivity contribution in [3.63, 3.8) is 0 Å². The smallest absolute Gasteiger partial charge is 0.325 e. The third-order valence-electron chi connectivity index (χ3n) is 3.35. The predicted molar refractivity (Wildman–Crippen MR) is 97.2 cm³/mol. The fourth-order valence-corrected chi connectivity index (χ4v) is 2.22. The average Bonchev–Trinajstić information content (AvgIpc) is 2.72. The molecule has 1 aromatic carbocycles. The fourth-order valence-electron chi connectivity index (χ4n) is 2.22. The van der Waals surface area contributed by atoms with Gasteiger partial charge in [-0.25, -0.2) is 4.98 Å². The van der Waals surface area contributed by atoms with E-state index in [1.54, 1.807) is 24.4 Å². The summed E-state index contributed by atoms with van der Waals surface area (Å²) in [5.74, 6) is 1.11. The lowest BCUT2D eigenvalue weighted by atomic mass is 10.1. The zero-order valence-corrected chi connectivity index (χ0v) is 15.1. The number of rotatable bonds is 8. The second-order valence-corrected chi connectivity index (χ2v) is 5.32. The van der Waals surface area contributed by atoms with Crippen LogP contribution in [0, 0.1) is 0 Å². The van der Waals surface area contributed by atoms with Crippen LogP contribution in [0.3, 0.4) is 0 Å². The van der Waals surface area contributed by atoms with Gasteiger partial charge in [0.15, 0.2) is 12.3 Å². The Morgan fingerprint density at radius 1 is 1.22 bits per heavy atom. The molecule has 1 aromatic heterocycles. The van der Waals surface area contributed by atoms with Crippen LogP contribution in [-0.4, -0.2) is 48.5 Å². The van der Waals surface area contributed by atoms with Crippen LogP contribution < -0.4 is 9.47 Å². The largest absolute Gasteiger partial charge is 0.478 e. The molecular formula is C18H20N4O5. The van der Waals surface area contributed by atoms with Gasteiger partial charge >= 0.3 is 6.01 Å². The molecule has 9 nitrogen and oxygen atoms in total. The summed E-state index contributed by atoms with van der Waals surface area (Å²) in [6, 6.07) is 9.03. The first-order chi connectivity index (χ1) is 13.3. The highest BCUT2D eigenvalue weighted by molar-refractivity contribution is 6.45. The van der Waals surface area contributed by atoms with Crippen LogP contribution in [-0.2, 0) is 14.4 Å². The van der Waals surface area contributed by atoms with E-state index in [2.05, 4.69) is 20.3 Å². The van der Waals surface area contributed by atoms with Crippen molar-refractivity contribution in [3.8, 4) is 17.6 Å². The Kier molecular flexibility index (Phi) is 6.40. The van der Waals surface area contributed by atoms with Gasteiger partial charge in [0.1, 0.15) is 19.5 Å². The Bertz CT molecular complexity index is 825. The summed E-state index contributed by atoms with van der Waals surface area (Å²) >= 11 is 0. The Balaban J connectivity index is 1.89. The molecule has 0 spiro atoms. The maximum atomic E-state index is 5.86. The average molecular weight is 372 g/mol. The van der Waals surface area contributed by atoms with Crippen molar-refractivity contribution in [2.24, 2.45) is 10.3 Å². The molecule has 0 saturated carbocycles. The number of oxime groups is 2. The van der Waals surface area contributed by atoms with Crippen molar-refractivity contribution in [1.82, 2.24) is 9.97 Å². The van der Waals surface area contributed by atoms with Gasteiger partial charge in [-0.3, -0.25) is 0 Å². The van der Waals surface area contributed by atoms with Crippen LogP contribution in [0.4, 0.5) is 0 Å². The molecular weight excluding hydrogens is 352 g/mol. The van der Waals surface area contributed by atoms with Crippen LogP contribution >= 0.6 is 0 Å². The second-order valence-electron chi connectivity index (χ2n) is 5.32. The molecule has 0 fully saturated rings. The third kappa shape index (κ3) is 4.84. The van der Waals surface area contributed by atoms with Gasteiger partial charge < -0.3 is 23.9 Å². The van der Waals surface area contributed by atoms with Gasteiger partial charge in [0.05, 0.1) is 12.2 Å². The zero-order chi connectivity index (χ0) is 18.9. The van der Waals surface area contributed by atoms with E-state index in [1.807, 2.05) is 19.1 Å². The standard InChI is InChI=1S/C18H20N4O5/c1-3-10-24-15-8-9-19-18(20-15)27-14-7-5-4-6-13(14)16(21-23-2)17-22-26-12-11-25-17/h4-9H,3,10-12H2,1-2H3/b21-16-. The number of nitrogens with zero attached hydrogens (tertiary/aromatic N) is 4. The van der Waals surface area contributed by atoms with E-state index < -0.39 is 0 Å². The first-order valence-electron chi connectivity index (χ1n) is 8.49. The molecule has 3 rings (SSSR count). The Hall–Kier alpha value is -3.36. The molecule has 0 saturated heterocycles. The quantitative estimate of drug-likeness (QED) is 0.519. The normalized spacial score (nSPS) is 13.9.